The molecule has 0 unspecified atom stereocenters. The molecule has 0 fully saturated rings. The monoisotopic (exact) mass is 154 g/mol. The van der Waals surface area contributed by atoms with E-state index < -0.39 is 5.97 Å². The predicted octanol–water partition coefficient (Wildman–Crippen LogP) is -1.10. The molecule has 0 spiro atoms. The number of hydrogen-bond donors (Lipinski definition) is 1. The summed E-state index contributed by atoms with van der Waals surface area (Å²) in [7, 11) is 0. The molecule has 0 aromatic rings. The minimum absolute atomic E-state index is 0. The molecule has 6 heavy (non-hydrogen) atoms. The Morgan fingerprint density at radius 2 is 1.67 bits per heavy atom. The fraction of sp³-hybridized carbons (Fsp3) is 0.500. The molecule has 0 aliphatic rings. The van der Waals surface area contributed by atoms with Crippen molar-refractivity contribution < 1.29 is 29.4 Å². The van der Waals surface area contributed by atoms with E-state index in [1.807, 2.05) is 0 Å². The normalized spacial score (nSPS) is 4.17. The van der Waals surface area contributed by atoms with Gasteiger partial charge in [0.2, 0.25) is 0 Å². The van der Waals surface area contributed by atoms with Gasteiger partial charge in [-0.3, -0.25) is 4.79 Å². The summed E-state index contributed by atoms with van der Waals surface area (Å²) in [6.07, 6.45) is 0. The Hall–Kier alpha value is 0.626. The van der Waals surface area contributed by atoms with E-state index in [1.54, 1.807) is 0 Å². The van der Waals surface area contributed by atoms with Crippen molar-refractivity contribution in [2.24, 2.45) is 0 Å². The van der Waals surface area contributed by atoms with Gasteiger partial charge in [0.25, 0.3) is 5.97 Å². The quantitative estimate of drug-likeness (QED) is 0.451. The molecule has 0 aliphatic carbocycles. The van der Waals surface area contributed by atoms with Crippen LogP contribution in [-0.2, 0) is 24.3 Å². The Bertz CT molecular complexity index is 34.5. The van der Waals surface area contributed by atoms with Crippen LogP contribution < -0.4 is 0 Å². The molecule has 0 aromatic carbocycles. The van der Waals surface area contributed by atoms with Crippen LogP contribution in [0.4, 0.5) is 0 Å². The summed E-state index contributed by atoms with van der Waals surface area (Å²) in [6.45, 7) is 1.08. The van der Waals surface area contributed by atoms with Crippen molar-refractivity contribution in [3.8, 4) is 0 Å². The maximum atomic E-state index is 9.00. The number of carbonyl (C=O) groups is 1. The van der Waals surface area contributed by atoms with E-state index in [0.717, 1.165) is 6.92 Å². The van der Waals surface area contributed by atoms with E-state index in [2.05, 4.69) is 0 Å². The first-order valence-electron chi connectivity index (χ1n) is 0.928. The van der Waals surface area contributed by atoms with Gasteiger partial charge >= 0.3 is 0 Å². The summed E-state index contributed by atoms with van der Waals surface area (Å²) in [5.41, 5.74) is 0. The van der Waals surface area contributed by atoms with Crippen molar-refractivity contribution in [1.29, 1.82) is 0 Å². The van der Waals surface area contributed by atoms with Gasteiger partial charge in [0.05, 0.1) is 0 Å². The minimum atomic E-state index is -0.833. The third-order valence-electron chi connectivity index (χ3n) is 0. The minimum Gasteiger partial charge on any atom is -0.481 e. The van der Waals surface area contributed by atoms with Gasteiger partial charge in [0, 0.05) is 26.4 Å². The second-order valence-electron chi connectivity index (χ2n) is 0.519. The zero-order chi connectivity index (χ0) is 3.58. The first-order chi connectivity index (χ1) is 1.73. The Kier molecular flexibility index (Phi) is 24.3. The summed E-state index contributed by atoms with van der Waals surface area (Å²) >= 11 is 0. The van der Waals surface area contributed by atoms with Gasteiger partial charge in [-0.2, -0.15) is 0 Å². The molecule has 0 rings (SSSR count). The van der Waals surface area contributed by atoms with E-state index in [-0.39, 0.29) is 36.8 Å². The Labute approximate surface area is 59.8 Å². The summed E-state index contributed by atoms with van der Waals surface area (Å²) in [5, 5.41) is 7.42. The molecule has 4 heteroatoms. The molecule has 0 amide bonds. The second-order valence-corrected chi connectivity index (χ2v) is 0.519. The van der Waals surface area contributed by atoms with Crippen molar-refractivity contribution in [3.05, 3.63) is 0 Å². The van der Waals surface area contributed by atoms with Crippen LogP contribution in [0.25, 0.3) is 0 Å². The second kappa shape index (κ2) is 9.16. The summed E-state index contributed by atoms with van der Waals surface area (Å²) in [6, 6.07) is 0. The van der Waals surface area contributed by atoms with Gasteiger partial charge in [0.1, 0.15) is 0 Å². The van der Waals surface area contributed by atoms with E-state index in [1.165, 1.54) is 0 Å². The first-order valence-corrected chi connectivity index (χ1v) is 0.928. The number of carboxylic acids is 1. The number of carboxylic acid groups (broad SMARTS) is 1. The van der Waals surface area contributed by atoms with Gasteiger partial charge in [0.15, 0.2) is 17.4 Å². The predicted molar refractivity (Wildman–Crippen MR) is 23.2 cm³/mol. The van der Waals surface area contributed by atoms with E-state index in [0.29, 0.717) is 0 Å². The molecule has 0 atom stereocenters. The van der Waals surface area contributed by atoms with Gasteiger partial charge in [-0.25, -0.2) is 0 Å². The standard InChI is InChI=1S/C2H4O2.Al.Zn.3H/c1-2(3)4;;;;;/h1H3,(H,3,4);;;;;. The van der Waals surface area contributed by atoms with Gasteiger partial charge in [-0.1, -0.05) is 0 Å². The third-order valence-corrected chi connectivity index (χ3v) is 0. The fourth-order valence-corrected chi connectivity index (χ4v) is 0. The van der Waals surface area contributed by atoms with Crippen LogP contribution in [0.5, 0.6) is 0 Å². The summed E-state index contributed by atoms with van der Waals surface area (Å²) in [4.78, 5) is 9.00. The molecule has 2 nitrogen and oxygen atoms in total. The third kappa shape index (κ3) is 155. The zero-order valence-electron chi connectivity index (χ0n) is 3.06. The van der Waals surface area contributed by atoms with Crippen LogP contribution in [0.1, 0.15) is 6.92 Å². The van der Waals surface area contributed by atoms with Crippen LogP contribution in [0, 0.1) is 0 Å². The van der Waals surface area contributed by atoms with Crippen molar-refractivity contribution in [3.63, 3.8) is 0 Å². The molecule has 0 aromatic heterocycles. The molecule has 0 aliphatic heterocycles. The number of hydrogen-bond acceptors (Lipinski definition) is 1. The Balaban J connectivity index is -0.0000000450. The van der Waals surface area contributed by atoms with Crippen LogP contribution in [0.2, 0.25) is 0 Å². The van der Waals surface area contributed by atoms with E-state index >= 15 is 0 Å². The van der Waals surface area contributed by atoms with Crippen molar-refractivity contribution >= 4 is 23.3 Å². The molecule has 1 N–H and O–H groups in total. The van der Waals surface area contributed by atoms with Crippen LogP contribution in [0.15, 0.2) is 0 Å². The molecule has 0 bridgehead atoms. The number of rotatable bonds is 0. The SMILES string of the molecule is CC(=O)O.[AlH3].[Zn]. The van der Waals surface area contributed by atoms with Crippen molar-refractivity contribution in [1.82, 2.24) is 0 Å². The van der Waals surface area contributed by atoms with Crippen LogP contribution in [-0.4, -0.2) is 28.4 Å². The van der Waals surface area contributed by atoms with Crippen molar-refractivity contribution in [2.75, 3.05) is 0 Å². The topological polar surface area (TPSA) is 37.3 Å². The first kappa shape index (κ1) is 16.0. The zero-order valence-corrected chi connectivity index (χ0v) is 6.03. The maximum absolute atomic E-state index is 9.00. The average molecular weight is 155 g/mol. The fourth-order valence-electron chi connectivity index (χ4n) is 0. The maximum Gasteiger partial charge on any atom is 0.300 e. The van der Waals surface area contributed by atoms with Crippen molar-refractivity contribution in [2.45, 2.75) is 6.92 Å². The molecule has 0 saturated heterocycles. The Morgan fingerprint density at radius 3 is 1.67 bits per heavy atom. The molecule has 0 saturated carbocycles. The van der Waals surface area contributed by atoms with E-state index in [4.69, 9.17) is 9.90 Å². The van der Waals surface area contributed by atoms with Crippen LogP contribution in [0.3, 0.4) is 0 Å². The molecular formula is C2H7AlO2Zn. The molecule has 32 valence electrons. The van der Waals surface area contributed by atoms with Gasteiger partial charge in [-0.05, 0) is 0 Å². The molecule has 0 radical (unpaired) electrons. The summed E-state index contributed by atoms with van der Waals surface area (Å²) in [5.74, 6) is -0.833. The molecular weight excluding hydrogens is 148 g/mol. The largest absolute Gasteiger partial charge is 0.481 e. The number of aliphatic carboxylic acids is 1. The van der Waals surface area contributed by atoms with Gasteiger partial charge in [-0.15, -0.1) is 0 Å². The van der Waals surface area contributed by atoms with Crippen LogP contribution >= 0.6 is 0 Å². The average Bonchev–Trinajstić information content (AvgIpc) is 0.811. The summed E-state index contributed by atoms with van der Waals surface area (Å²) < 4.78 is 0. The Morgan fingerprint density at radius 1 is 1.67 bits per heavy atom. The smallest absolute Gasteiger partial charge is 0.300 e. The van der Waals surface area contributed by atoms with Gasteiger partial charge < -0.3 is 5.11 Å². The van der Waals surface area contributed by atoms with E-state index in [9.17, 15) is 0 Å². The molecule has 0 heterocycles.